The first-order chi connectivity index (χ1) is 6.92. The molecule has 2 aromatic heterocycles. The summed E-state index contributed by atoms with van der Waals surface area (Å²) < 4.78 is 2.30. The summed E-state index contributed by atoms with van der Waals surface area (Å²) in [5.41, 5.74) is 0. The summed E-state index contributed by atoms with van der Waals surface area (Å²) in [5.74, 6) is 0. The Morgan fingerprint density at radius 1 is 1.29 bits per heavy atom. The zero-order chi connectivity index (χ0) is 9.80. The summed E-state index contributed by atoms with van der Waals surface area (Å²) in [4.78, 5) is 1.46. The Balaban J connectivity index is 2.25. The molecule has 2 heterocycles. The lowest BCUT2D eigenvalue weighted by Crippen LogP contribution is -2.06. The molecule has 0 aliphatic heterocycles. The first-order valence-corrected chi connectivity index (χ1v) is 5.95. The summed E-state index contributed by atoms with van der Waals surface area (Å²) in [6, 6.07) is 9.08. The maximum absolute atomic E-state index is 2.30. The molecule has 2 heteroatoms. The summed E-state index contributed by atoms with van der Waals surface area (Å²) in [7, 11) is 0. The molecule has 0 fully saturated rings. The molecule has 0 bridgehead atoms. The van der Waals surface area contributed by atoms with Gasteiger partial charge in [0, 0.05) is 17.3 Å². The Kier molecular flexibility index (Phi) is 3.04. The van der Waals surface area contributed by atoms with Crippen LogP contribution in [-0.4, -0.2) is 4.57 Å². The van der Waals surface area contributed by atoms with E-state index in [1.54, 1.807) is 0 Å². The number of thiophene rings is 1. The van der Waals surface area contributed by atoms with E-state index in [9.17, 15) is 0 Å². The Morgan fingerprint density at radius 3 is 2.64 bits per heavy atom. The fourth-order valence-electron chi connectivity index (χ4n) is 1.75. The molecule has 2 rings (SSSR count). The van der Waals surface area contributed by atoms with Crippen LogP contribution in [0.1, 0.15) is 30.7 Å². The molecule has 0 spiro atoms. The minimum atomic E-state index is 0.537. The van der Waals surface area contributed by atoms with Crippen LogP contribution in [-0.2, 0) is 0 Å². The van der Waals surface area contributed by atoms with Gasteiger partial charge in [0.25, 0.3) is 0 Å². The Bertz CT molecular complexity index is 313. The third-order valence-corrected chi connectivity index (χ3v) is 3.39. The molecule has 1 unspecified atom stereocenters. The first kappa shape index (κ1) is 9.53. The minimum absolute atomic E-state index is 0.537. The average Bonchev–Trinajstić information content (AvgIpc) is 2.87. The van der Waals surface area contributed by atoms with Gasteiger partial charge < -0.3 is 4.57 Å². The Morgan fingerprint density at radius 2 is 2.07 bits per heavy atom. The van der Waals surface area contributed by atoms with Gasteiger partial charge in [-0.05, 0) is 30.0 Å². The van der Waals surface area contributed by atoms with Crippen molar-refractivity contribution in [3.05, 3.63) is 46.9 Å². The molecule has 0 aliphatic rings. The van der Waals surface area contributed by atoms with E-state index in [0.29, 0.717) is 6.04 Å². The zero-order valence-corrected chi connectivity index (χ0v) is 9.20. The molecule has 2 aromatic rings. The van der Waals surface area contributed by atoms with Crippen molar-refractivity contribution in [1.29, 1.82) is 0 Å². The molecule has 0 saturated heterocycles. The highest BCUT2D eigenvalue weighted by Gasteiger charge is 2.11. The number of hydrogen-bond acceptors (Lipinski definition) is 1. The molecule has 14 heavy (non-hydrogen) atoms. The average molecular weight is 205 g/mol. The molecule has 0 aromatic carbocycles. The molecule has 1 nitrogen and oxygen atoms in total. The van der Waals surface area contributed by atoms with Crippen molar-refractivity contribution in [2.24, 2.45) is 0 Å². The molecular weight excluding hydrogens is 190 g/mol. The summed E-state index contributed by atoms with van der Waals surface area (Å²) >= 11 is 1.85. The van der Waals surface area contributed by atoms with Gasteiger partial charge >= 0.3 is 0 Å². The molecule has 0 radical (unpaired) electrons. The third kappa shape index (κ3) is 1.90. The van der Waals surface area contributed by atoms with Gasteiger partial charge in [-0.25, -0.2) is 0 Å². The highest BCUT2D eigenvalue weighted by molar-refractivity contribution is 7.10. The van der Waals surface area contributed by atoms with Crippen molar-refractivity contribution in [1.82, 2.24) is 4.57 Å². The fourth-order valence-corrected chi connectivity index (χ4v) is 2.62. The predicted octanol–water partition coefficient (Wildman–Crippen LogP) is 3.94. The van der Waals surface area contributed by atoms with E-state index in [1.807, 2.05) is 11.3 Å². The van der Waals surface area contributed by atoms with Gasteiger partial charge in [0.1, 0.15) is 0 Å². The standard InChI is InChI=1S/C12H15NS/c1-2-6-11(12-7-5-10-14-12)13-8-3-4-9-13/h3-5,7-11H,2,6H2,1H3. The number of aromatic nitrogens is 1. The van der Waals surface area contributed by atoms with Crippen molar-refractivity contribution in [2.75, 3.05) is 0 Å². The normalized spacial score (nSPS) is 12.9. The number of rotatable bonds is 4. The van der Waals surface area contributed by atoms with Crippen molar-refractivity contribution in [2.45, 2.75) is 25.8 Å². The van der Waals surface area contributed by atoms with Crippen molar-refractivity contribution in [3.8, 4) is 0 Å². The number of nitrogens with zero attached hydrogens (tertiary/aromatic N) is 1. The maximum atomic E-state index is 2.30. The van der Waals surface area contributed by atoms with Gasteiger partial charge in [-0.3, -0.25) is 0 Å². The zero-order valence-electron chi connectivity index (χ0n) is 8.39. The van der Waals surface area contributed by atoms with Gasteiger partial charge in [0.05, 0.1) is 6.04 Å². The van der Waals surface area contributed by atoms with Crippen molar-refractivity contribution >= 4 is 11.3 Å². The summed E-state index contributed by atoms with van der Waals surface area (Å²) in [6.45, 7) is 2.24. The van der Waals surface area contributed by atoms with Crippen LogP contribution in [0.2, 0.25) is 0 Å². The van der Waals surface area contributed by atoms with Crippen LogP contribution in [0.5, 0.6) is 0 Å². The monoisotopic (exact) mass is 205 g/mol. The number of hydrogen-bond donors (Lipinski definition) is 0. The van der Waals surface area contributed by atoms with Crippen LogP contribution in [0, 0.1) is 0 Å². The van der Waals surface area contributed by atoms with Crippen molar-refractivity contribution < 1.29 is 0 Å². The van der Waals surface area contributed by atoms with E-state index in [-0.39, 0.29) is 0 Å². The largest absolute Gasteiger partial charge is 0.346 e. The molecule has 0 aliphatic carbocycles. The predicted molar refractivity (Wildman–Crippen MR) is 61.8 cm³/mol. The third-order valence-electron chi connectivity index (χ3n) is 2.42. The second-order valence-corrected chi connectivity index (χ2v) is 4.43. The highest BCUT2D eigenvalue weighted by atomic mass is 32.1. The van der Waals surface area contributed by atoms with E-state index in [2.05, 4.69) is 53.5 Å². The van der Waals surface area contributed by atoms with E-state index < -0.39 is 0 Å². The first-order valence-electron chi connectivity index (χ1n) is 5.07. The van der Waals surface area contributed by atoms with E-state index in [1.165, 1.54) is 17.7 Å². The summed E-state index contributed by atoms with van der Waals surface area (Å²) in [5, 5.41) is 2.15. The summed E-state index contributed by atoms with van der Waals surface area (Å²) in [6.07, 6.45) is 6.75. The maximum Gasteiger partial charge on any atom is 0.0672 e. The molecule has 0 amide bonds. The lowest BCUT2D eigenvalue weighted by atomic mass is 10.1. The topological polar surface area (TPSA) is 4.93 Å². The minimum Gasteiger partial charge on any atom is -0.346 e. The smallest absolute Gasteiger partial charge is 0.0672 e. The Labute approximate surface area is 89.0 Å². The second-order valence-electron chi connectivity index (χ2n) is 3.45. The van der Waals surface area contributed by atoms with E-state index >= 15 is 0 Å². The van der Waals surface area contributed by atoms with Crippen LogP contribution >= 0.6 is 11.3 Å². The second kappa shape index (κ2) is 4.47. The van der Waals surface area contributed by atoms with Gasteiger partial charge in [-0.2, -0.15) is 0 Å². The molecule has 0 saturated carbocycles. The molecule has 74 valence electrons. The van der Waals surface area contributed by atoms with Crippen LogP contribution in [0.15, 0.2) is 42.0 Å². The van der Waals surface area contributed by atoms with Gasteiger partial charge in [-0.1, -0.05) is 19.4 Å². The van der Waals surface area contributed by atoms with Gasteiger partial charge in [0.2, 0.25) is 0 Å². The van der Waals surface area contributed by atoms with E-state index in [4.69, 9.17) is 0 Å². The van der Waals surface area contributed by atoms with Crippen LogP contribution < -0.4 is 0 Å². The molecule has 0 N–H and O–H groups in total. The van der Waals surface area contributed by atoms with Crippen LogP contribution in [0.3, 0.4) is 0 Å². The van der Waals surface area contributed by atoms with Gasteiger partial charge in [0.15, 0.2) is 0 Å². The molecular formula is C12H15NS. The quantitative estimate of drug-likeness (QED) is 0.712. The SMILES string of the molecule is CCCC(c1cccs1)n1cccc1. The molecule has 1 atom stereocenters. The highest BCUT2D eigenvalue weighted by Crippen LogP contribution is 2.27. The van der Waals surface area contributed by atoms with Gasteiger partial charge in [-0.15, -0.1) is 11.3 Å². The van der Waals surface area contributed by atoms with Crippen LogP contribution in [0.25, 0.3) is 0 Å². The lowest BCUT2D eigenvalue weighted by Gasteiger charge is -2.16. The fraction of sp³-hybridized carbons (Fsp3) is 0.333. The van der Waals surface area contributed by atoms with Crippen molar-refractivity contribution in [3.63, 3.8) is 0 Å². The lowest BCUT2D eigenvalue weighted by molar-refractivity contribution is 0.543. The van der Waals surface area contributed by atoms with Crippen LogP contribution in [0.4, 0.5) is 0 Å². The van der Waals surface area contributed by atoms with E-state index in [0.717, 1.165) is 0 Å². The Hall–Kier alpha value is -1.02.